The molecule has 0 spiro atoms. The Bertz CT molecular complexity index is 363. The van der Waals surface area contributed by atoms with Crippen molar-refractivity contribution in [3.8, 4) is 0 Å². The number of carbonyl (C=O) groups is 2. The van der Waals surface area contributed by atoms with E-state index in [1.165, 1.54) is 0 Å². The maximum Gasteiger partial charge on any atom is 0.152 e. The highest BCUT2D eigenvalue weighted by atomic mass is 16.1. The fourth-order valence-electron chi connectivity index (χ4n) is 1.63. The van der Waals surface area contributed by atoms with Gasteiger partial charge in [0.25, 0.3) is 0 Å². The summed E-state index contributed by atoms with van der Waals surface area (Å²) in [7, 11) is 0. The lowest BCUT2D eigenvalue weighted by molar-refractivity contribution is -0.111. The molecule has 1 aromatic carbocycles. The number of hydrogen-bond acceptors (Lipinski definition) is 3. The van der Waals surface area contributed by atoms with Crippen LogP contribution in [-0.4, -0.2) is 18.6 Å². The first-order valence-corrected chi connectivity index (χ1v) is 5.49. The molecule has 0 bridgehead atoms. The molecule has 16 heavy (non-hydrogen) atoms. The van der Waals surface area contributed by atoms with Crippen molar-refractivity contribution in [2.75, 3.05) is 5.32 Å². The van der Waals surface area contributed by atoms with Gasteiger partial charge in [0, 0.05) is 23.2 Å². The zero-order chi connectivity index (χ0) is 12.0. The molecule has 1 N–H and O–H groups in total. The van der Waals surface area contributed by atoms with Crippen LogP contribution in [0.2, 0.25) is 0 Å². The van der Waals surface area contributed by atoms with Crippen molar-refractivity contribution in [2.45, 2.75) is 26.3 Å². The molecule has 1 aromatic rings. The van der Waals surface area contributed by atoms with Crippen molar-refractivity contribution >= 4 is 18.3 Å². The minimum absolute atomic E-state index is 0.0651. The topological polar surface area (TPSA) is 46.2 Å². The number of carbonyl (C=O) groups excluding carboxylic acids is 2. The van der Waals surface area contributed by atoms with Crippen molar-refractivity contribution in [2.24, 2.45) is 5.92 Å². The molecule has 0 amide bonds. The lowest BCUT2D eigenvalue weighted by Gasteiger charge is -2.21. The van der Waals surface area contributed by atoms with Crippen LogP contribution in [0.3, 0.4) is 0 Å². The highest BCUT2D eigenvalue weighted by molar-refractivity contribution is 5.84. The molecule has 3 nitrogen and oxygen atoms in total. The summed E-state index contributed by atoms with van der Waals surface area (Å²) in [5.74, 6) is -0.0651. The third kappa shape index (κ3) is 2.92. The van der Waals surface area contributed by atoms with E-state index in [0.717, 1.165) is 24.7 Å². The molecule has 0 fully saturated rings. The van der Waals surface area contributed by atoms with E-state index in [-0.39, 0.29) is 12.0 Å². The summed E-state index contributed by atoms with van der Waals surface area (Å²) >= 11 is 0. The number of rotatable bonds is 6. The van der Waals surface area contributed by atoms with Gasteiger partial charge in [-0.3, -0.25) is 4.79 Å². The van der Waals surface area contributed by atoms with Gasteiger partial charge in [-0.15, -0.1) is 0 Å². The van der Waals surface area contributed by atoms with E-state index < -0.39 is 0 Å². The fourth-order valence-corrected chi connectivity index (χ4v) is 1.63. The minimum Gasteiger partial charge on any atom is -0.381 e. The molecular formula is C13H17NO2. The van der Waals surface area contributed by atoms with Crippen LogP contribution >= 0.6 is 0 Å². The van der Waals surface area contributed by atoms with Gasteiger partial charge in [0.2, 0.25) is 0 Å². The number of para-hydroxylation sites is 1. The Morgan fingerprint density at radius 2 is 2.00 bits per heavy atom. The Morgan fingerprint density at radius 1 is 1.31 bits per heavy atom. The summed E-state index contributed by atoms with van der Waals surface area (Å²) in [6.45, 7) is 3.89. The quantitative estimate of drug-likeness (QED) is 0.748. The maximum absolute atomic E-state index is 10.8. The van der Waals surface area contributed by atoms with Crippen molar-refractivity contribution in [3.05, 3.63) is 29.8 Å². The van der Waals surface area contributed by atoms with Gasteiger partial charge >= 0.3 is 0 Å². The number of nitrogens with one attached hydrogen (secondary N) is 1. The highest BCUT2D eigenvalue weighted by Gasteiger charge is 2.15. The average molecular weight is 219 g/mol. The molecule has 86 valence electrons. The summed E-state index contributed by atoms with van der Waals surface area (Å²) in [6, 6.07) is 7.36. The zero-order valence-electron chi connectivity index (χ0n) is 9.64. The average Bonchev–Trinajstić information content (AvgIpc) is 2.35. The Labute approximate surface area is 95.9 Å². The summed E-state index contributed by atoms with van der Waals surface area (Å²) in [6.07, 6.45) is 2.60. The first kappa shape index (κ1) is 12.4. The third-order valence-electron chi connectivity index (χ3n) is 2.72. The first-order valence-electron chi connectivity index (χ1n) is 5.49. The van der Waals surface area contributed by atoms with Crippen LogP contribution in [0.4, 0.5) is 5.69 Å². The van der Waals surface area contributed by atoms with Crippen molar-refractivity contribution in [3.63, 3.8) is 0 Å². The van der Waals surface area contributed by atoms with Gasteiger partial charge in [-0.1, -0.05) is 26.0 Å². The Morgan fingerprint density at radius 3 is 2.56 bits per heavy atom. The van der Waals surface area contributed by atoms with Gasteiger partial charge in [0.1, 0.15) is 6.29 Å². The second-order valence-electron chi connectivity index (χ2n) is 3.86. The zero-order valence-corrected chi connectivity index (χ0v) is 9.64. The summed E-state index contributed by atoms with van der Waals surface area (Å²) in [5.41, 5.74) is 1.41. The van der Waals surface area contributed by atoms with Gasteiger partial charge < -0.3 is 10.1 Å². The van der Waals surface area contributed by atoms with Gasteiger partial charge in [-0.2, -0.15) is 0 Å². The minimum atomic E-state index is -0.0651. The number of aldehydes is 2. The lowest BCUT2D eigenvalue weighted by atomic mass is 10.0. The van der Waals surface area contributed by atoms with Crippen LogP contribution in [-0.2, 0) is 4.79 Å². The summed E-state index contributed by atoms with van der Waals surface area (Å²) in [4.78, 5) is 21.6. The second kappa shape index (κ2) is 6.05. The van der Waals surface area contributed by atoms with E-state index >= 15 is 0 Å². The number of hydrogen-bond donors (Lipinski definition) is 1. The molecule has 2 atom stereocenters. The molecule has 0 aliphatic heterocycles. The summed E-state index contributed by atoms with van der Waals surface area (Å²) < 4.78 is 0. The van der Waals surface area contributed by atoms with Crippen LogP contribution in [0, 0.1) is 5.92 Å². The molecular weight excluding hydrogens is 202 g/mol. The van der Waals surface area contributed by atoms with E-state index in [1.54, 1.807) is 6.07 Å². The molecule has 0 aromatic heterocycles. The Balaban J connectivity index is 2.85. The number of anilines is 1. The maximum atomic E-state index is 10.8. The molecule has 0 radical (unpaired) electrons. The molecule has 0 aliphatic carbocycles. The normalized spacial score (nSPS) is 13.9. The predicted octanol–water partition coefficient (Wildman–Crippen LogP) is 2.52. The van der Waals surface area contributed by atoms with Gasteiger partial charge in [-0.05, 0) is 18.6 Å². The molecule has 2 unspecified atom stereocenters. The summed E-state index contributed by atoms with van der Waals surface area (Å²) in [5, 5.41) is 3.24. The molecule has 3 heteroatoms. The first-order chi connectivity index (χ1) is 7.72. The van der Waals surface area contributed by atoms with Gasteiger partial charge in [0.15, 0.2) is 6.29 Å². The van der Waals surface area contributed by atoms with Crippen molar-refractivity contribution in [1.82, 2.24) is 0 Å². The van der Waals surface area contributed by atoms with Crippen molar-refractivity contribution < 1.29 is 9.59 Å². The van der Waals surface area contributed by atoms with Crippen LogP contribution in [0.5, 0.6) is 0 Å². The Kier molecular flexibility index (Phi) is 4.70. The standard InChI is InChI=1S/C13H17NO2/c1-3-12(10(2)8-15)14-13-7-5-4-6-11(13)9-16/h4-10,12,14H,3H2,1-2H3. The molecule has 0 aliphatic rings. The SMILES string of the molecule is CCC(Nc1ccccc1C=O)C(C)C=O. The third-order valence-corrected chi connectivity index (χ3v) is 2.72. The van der Waals surface area contributed by atoms with E-state index in [4.69, 9.17) is 0 Å². The number of benzene rings is 1. The largest absolute Gasteiger partial charge is 0.381 e. The van der Waals surface area contributed by atoms with Gasteiger partial charge in [-0.25, -0.2) is 0 Å². The molecule has 1 rings (SSSR count). The van der Waals surface area contributed by atoms with Crippen LogP contribution in [0.25, 0.3) is 0 Å². The van der Waals surface area contributed by atoms with E-state index in [9.17, 15) is 9.59 Å². The van der Waals surface area contributed by atoms with Crippen molar-refractivity contribution in [1.29, 1.82) is 0 Å². The predicted molar refractivity (Wildman–Crippen MR) is 64.8 cm³/mol. The van der Waals surface area contributed by atoms with Crippen LogP contribution in [0.1, 0.15) is 30.6 Å². The van der Waals surface area contributed by atoms with E-state index in [1.807, 2.05) is 32.0 Å². The Hall–Kier alpha value is -1.64. The lowest BCUT2D eigenvalue weighted by Crippen LogP contribution is -2.27. The van der Waals surface area contributed by atoms with Gasteiger partial charge in [0.05, 0.1) is 0 Å². The fraction of sp³-hybridized carbons (Fsp3) is 0.385. The monoisotopic (exact) mass is 219 g/mol. The molecule has 0 saturated carbocycles. The van der Waals surface area contributed by atoms with E-state index in [2.05, 4.69) is 5.32 Å². The molecule has 0 heterocycles. The molecule has 0 saturated heterocycles. The van der Waals surface area contributed by atoms with Crippen LogP contribution < -0.4 is 5.32 Å². The highest BCUT2D eigenvalue weighted by Crippen LogP contribution is 2.17. The smallest absolute Gasteiger partial charge is 0.152 e. The van der Waals surface area contributed by atoms with Crippen LogP contribution in [0.15, 0.2) is 24.3 Å². The van der Waals surface area contributed by atoms with E-state index in [0.29, 0.717) is 5.56 Å². The second-order valence-corrected chi connectivity index (χ2v) is 3.86.